The molecule has 0 saturated carbocycles. The molecule has 1 heterocycles. The Balaban J connectivity index is 2.01. The quantitative estimate of drug-likeness (QED) is 0.830. The number of aromatic nitrogens is 1. The molecule has 1 aromatic heterocycles. The first-order valence-electron chi connectivity index (χ1n) is 6.18. The highest BCUT2D eigenvalue weighted by molar-refractivity contribution is 6.02. The standard InChI is InChI=1S/C15H14N2O4/c1-20-10-13-9-14(17-21-13)15(19)16-12-6-4-11(5-7-12)3-2-8-18/h4-7,9,18H,8,10H2,1H3,(H,16,19). The number of amides is 1. The zero-order valence-electron chi connectivity index (χ0n) is 11.4. The molecule has 1 amide bonds. The maximum atomic E-state index is 12.0. The molecule has 0 fully saturated rings. The van der Waals surface area contributed by atoms with E-state index < -0.39 is 0 Å². The van der Waals surface area contributed by atoms with Crippen molar-refractivity contribution >= 4 is 11.6 Å². The normalized spacial score (nSPS) is 9.81. The van der Waals surface area contributed by atoms with E-state index in [9.17, 15) is 4.79 Å². The number of aliphatic hydroxyl groups is 1. The van der Waals surface area contributed by atoms with Crippen LogP contribution >= 0.6 is 0 Å². The van der Waals surface area contributed by atoms with Crippen LogP contribution in [0.4, 0.5) is 5.69 Å². The molecular formula is C15H14N2O4. The van der Waals surface area contributed by atoms with E-state index in [2.05, 4.69) is 22.3 Å². The molecular weight excluding hydrogens is 272 g/mol. The Bertz CT molecular complexity index is 665. The summed E-state index contributed by atoms with van der Waals surface area (Å²) in [4.78, 5) is 12.0. The molecule has 0 aliphatic heterocycles. The molecule has 0 atom stereocenters. The summed E-state index contributed by atoms with van der Waals surface area (Å²) < 4.78 is 9.84. The molecule has 6 nitrogen and oxygen atoms in total. The van der Waals surface area contributed by atoms with E-state index in [1.54, 1.807) is 24.3 Å². The first-order valence-corrected chi connectivity index (χ1v) is 6.18. The van der Waals surface area contributed by atoms with E-state index in [-0.39, 0.29) is 24.8 Å². The maximum Gasteiger partial charge on any atom is 0.277 e. The van der Waals surface area contributed by atoms with E-state index in [0.29, 0.717) is 11.4 Å². The molecule has 2 N–H and O–H groups in total. The third-order valence-corrected chi connectivity index (χ3v) is 2.53. The number of nitrogens with zero attached hydrogens (tertiary/aromatic N) is 1. The molecule has 0 bridgehead atoms. The molecule has 0 radical (unpaired) electrons. The Morgan fingerprint density at radius 3 is 2.86 bits per heavy atom. The minimum Gasteiger partial charge on any atom is -0.384 e. The number of hydrogen-bond donors (Lipinski definition) is 2. The first kappa shape index (κ1) is 14.8. The summed E-state index contributed by atoms with van der Waals surface area (Å²) in [5.41, 5.74) is 1.56. The zero-order chi connectivity index (χ0) is 15.1. The number of ether oxygens (including phenoxy) is 1. The monoisotopic (exact) mass is 286 g/mol. The minimum absolute atomic E-state index is 0.186. The van der Waals surface area contributed by atoms with Crippen LogP contribution in [0.3, 0.4) is 0 Å². The smallest absolute Gasteiger partial charge is 0.277 e. The van der Waals surface area contributed by atoms with E-state index in [0.717, 1.165) is 5.56 Å². The lowest BCUT2D eigenvalue weighted by Gasteiger charge is -2.02. The third kappa shape index (κ3) is 4.18. The van der Waals surface area contributed by atoms with Gasteiger partial charge in [-0.05, 0) is 24.3 Å². The van der Waals surface area contributed by atoms with Gasteiger partial charge in [0, 0.05) is 24.4 Å². The summed E-state index contributed by atoms with van der Waals surface area (Å²) in [6.07, 6.45) is 0. The zero-order valence-corrected chi connectivity index (χ0v) is 11.4. The average molecular weight is 286 g/mol. The second-order valence-electron chi connectivity index (χ2n) is 4.10. The summed E-state index contributed by atoms with van der Waals surface area (Å²) >= 11 is 0. The molecule has 108 valence electrons. The summed E-state index contributed by atoms with van der Waals surface area (Å²) in [5.74, 6) is 5.44. The molecule has 21 heavy (non-hydrogen) atoms. The number of benzene rings is 1. The van der Waals surface area contributed by atoms with Crippen LogP contribution in [0.2, 0.25) is 0 Å². The number of hydrogen-bond acceptors (Lipinski definition) is 5. The maximum absolute atomic E-state index is 12.0. The van der Waals surface area contributed by atoms with Crippen LogP contribution in [0.5, 0.6) is 0 Å². The summed E-state index contributed by atoms with van der Waals surface area (Å²) in [5, 5.41) is 15.0. The number of nitrogens with one attached hydrogen (secondary N) is 1. The van der Waals surface area contributed by atoms with Gasteiger partial charge < -0.3 is 19.7 Å². The van der Waals surface area contributed by atoms with Gasteiger partial charge in [0.1, 0.15) is 13.2 Å². The lowest BCUT2D eigenvalue weighted by Crippen LogP contribution is -2.12. The van der Waals surface area contributed by atoms with Gasteiger partial charge in [0.25, 0.3) is 5.91 Å². The van der Waals surface area contributed by atoms with Crippen LogP contribution in [0, 0.1) is 11.8 Å². The predicted molar refractivity (Wildman–Crippen MR) is 75.6 cm³/mol. The van der Waals surface area contributed by atoms with Gasteiger partial charge in [0.15, 0.2) is 11.5 Å². The van der Waals surface area contributed by atoms with Gasteiger partial charge >= 0.3 is 0 Å². The highest BCUT2D eigenvalue weighted by atomic mass is 16.5. The van der Waals surface area contributed by atoms with Crippen LogP contribution in [0.1, 0.15) is 21.8 Å². The van der Waals surface area contributed by atoms with Crippen molar-refractivity contribution < 1.29 is 19.2 Å². The molecule has 0 unspecified atom stereocenters. The van der Waals surface area contributed by atoms with Crippen molar-refractivity contribution in [2.24, 2.45) is 0 Å². The van der Waals surface area contributed by atoms with Crippen LogP contribution in [0.15, 0.2) is 34.9 Å². The first-order chi connectivity index (χ1) is 10.2. The fraction of sp³-hybridized carbons (Fsp3) is 0.200. The van der Waals surface area contributed by atoms with Crippen molar-refractivity contribution in [1.29, 1.82) is 0 Å². The molecule has 0 saturated heterocycles. The lowest BCUT2D eigenvalue weighted by atomic mass is 10.2. The van der Waals surface area contributed by atoms with E-state index in [4.69, 9.17) is 14.4 Å². The molecule has 2 aromatic rings. The summed E-state index contributed by atoms with van der Waals surface area (Å²) in [6, 6.07) is 8.46. The molecule has 1 aromatic carbocycles. The lowest BCUT2D eigenvalue weighted by molar-refractivity contribution is 0.101. The van der Waals surface area contributed by atoms with Crippen LogP contribution in [-0.4, -0.2) is 29.9 Å². The van der Waals surface area contributed by atoms with Crippen molar-refractivity contribution in [3.05, 3.63) is 47.3 Å². The van der Waals surface area contributed by atoms with Gasteiger partial charge in [0.2, 0.25) is 0 Å². The Hall–Kier alpha value is -2.62. The average Bonchev–Trinajstić information content (AvgIpc) is 2.96. The molecule has 0 aliphatic carbocycles. The second kappa shape index (κ2) is 7.24. The highest BCUT2D eigenvalue weighted by Gasteiger charge is 2.12. The number of anilines is 1. The molecule has 0 spiro atoms. The summed E-state index contributed by atoms with van der Waals surface area (Å²) in [6.45, 7) is 0.0763. The largest absolute Gasteiger partial charge is 0.384 e. The second-order valence-corrected chi connectivity index (χ2v) is 4.10. The fourth-order valence-corrected chi connectivity index (χ4v) is 1.60. The molecule has 6 heteroatoms. The Morgan fingerprint density at radius 1 is 1.43 bits per heavy atom. The van der Waals surface area contributed by atoms with Crippen LogP contribution < -0.4 is 5.32 Å². The number of carbonyl (C=O) groups is 1. The Kier molecular flexibility index (Phi) is 5.10. The minimum atomic E-state index is -0.365. The van der Waals surface area contributed by atoms with Crippen molar-refractivity contribution in [2.45, 2.75) is 6.61 Å². The van der Waals surface area contributed by atoms with Gasteiger partial charge in [0.05, 0.1) is 0 Å². The van der Waals surface area contributed by atoms with Crippen molar-refractivity contribution in [2.75, 3.05) is 19.0 Å². The van der Waals surface area contributed by atoms with Gasteiger partial charge in [-0.1, -0.05) is 17.0 Å². The third-order valence-electron chi connectivity index (χ3n) is 2.53. The number of carbonyl (C=O) groups excluding carboxylic acids is 1. The topological polar surface area (TPSA) is 84.6 Å². The molecule has 2 rings (SSSR count). The Labute approximate surface area is 121 Å². The van der Waals surface area contributed by atoms with E-state index in [1.165, 1.54) is 13.2 Å². The van der Waals surface area contributed by atoms with Crippen LogP contribution in [0.25, 0.3) is 0 Å². The summed E-state index contributed by atoms with van der Waals surface area (Å²) in [7, 11) is 1.53. The number of aliphatic hydroxyl groups excluding tert-OH is 1. The van der Waals surface area contributed by atoms with Crippen molar-refractivity contribution in [1.82, 2.24) is 5.16 Å². The van der Waals surface area contributed by atoms with Gasteiger partial charge in [-0.3, -0.25) is 4.79 Å². The van der Waals surface area contributed by atoms with E-state index in [1.807, 2.05) is 0 Å². The van der Waals surface area contributed by atoms with Crippen molar-refractivity contribution in [3.8, 4) is 11.8 Å². The van der Waals surface area contributed by atoms with E-state index >= 15 is 0 Å². The fourth-order valence-electron chi connectivity index (χ4n) is 1.60. The molecule has 0 aliphatic rings. The van der Waals surface area contributed by atoms with Gasteiger partial charge in [-0.15, -0.1) is 0 Å². The van der Waals surface area contributed by atoms with Gasteiger partial charge in [-0.2, -0.15) is 0 Å². The predicted octanol–water partition coefficient (Wildman–Crippen LogP) is 1.42. The number of rotatable bonds is 4. The van der Waals surface area contributed by atoms with Gasteiger partial charge in [-0.25, -0.2) is 0 Å². The van der Waals surface area contributed by atoms with Crippen LogP contribution in [-0.2, 0) is 11.3 Å². The number of methoxy groups -OCH3 is 1. The highest BCUT2D eigenvalue weighted by Crippen LogP contribution is 2.11. The SMILES string of the molecule is COCc1cc(C(=O)Nc2ccc(C#CCO)cc2)no1. The van der Waals surface area contributed by atoms with Crippen molar-refractivity contribution in [3.63, 3.8) is 0 Å². The Morgan fingerprint density at radius 2 is 2.19 bits per heavy atom.